The summed E-state index contributed by atoms with van der Waals surface area (Å²) in [5.41, 5.74) is 0.477. The van der Waals surface area contributed by atoms with Crippen LogP contribution < -0.4 is 10.1 Å². The van der Waals surface area contributed by atoms with Crippen molar-refractivity contribution in [2.45, 2.75) is 6.92 Å². The van der Waals surface area contributed by atoms with Gasteiger partial charge in [0.1, 0.15) is 18.1 Å². The average Bonchev–Trinajstić information content (AvgIpc) is 2.61. The number of nitrogens with one attached hydrogen (secondary N) is 1. The van der Waals surface area contributed by atoms with Crippen molar-refractivity contribution in [3.63, 3.8) is 0 Å². The van der Waals surface area contributed by atoms with Crippen molar-refractivity contribution >= 4 is 24.0 Å². The van der Waals surface area contributed by atoms with Gasteiger partial charge >= 0.3 is 0 Å². The fourth-order valence-corrected chi connectivity index (χ4v) is 1.86. The van der Waals surface area contributed by atoms with Crippen molar-refractivity contribution in [1.29, 1.82) is 0 Å². The first kappa shape index (κ1) is 20.8. The number of carboxylic acid groups (broad SMARTS) is 1. The molecule has 1 aromatic heterocycles. The second-order valence-electron chi connectivity index (χ2n) is 4.60. The Morgan fingerprint density at radius 3 is 2.62 bits per heavy atom. The van der Waals surface area contributed by atoms with E-state index in [0.29, 0.717) is 22.9 Å². The molecule has 0 fully saturated rings. The largest absolute Gasteiger partial charge is 0.505 e. The van der Waals surface area contributed by atoms with Crippen LogP contribution in [0.1, 0.15) is 23.0 Å². The van der Waals surface area contributed by atoms with E-state index in [1.165, 1.54) is 12.3 Å². The van der Waals surface area contributed by atoms with E-state index in [-0.39, 0.29) is 24.5 Å². The van der Waals surface area contributed by atoms with Crippen molar-refractivity contribution in [1.82, 2.24) is 10.3 Å². The summed E-state index contributed by atoms with van der Waals surface area (Å²) in [6.07, 6.45) is 1.43. The van der Waals surface area contributed by atoms with Gasteiger partial charge in [0, 0.05) is 23.3 Å². The van der Waals surface area contributed by atoms with Crippen LogP contribution in [0.2, 0.25) is 5.02 Å². The summed E-state index contributed by atoms with van der Waals surface area (Å²) >= 11 is 5.78. The molecule has 1 amide bonds. The first-order valence-electron chi connectivity index (χ1n) is 7.44. The maximum absolute atomic E-state index is 11.6. The number of hydrogen-bond donors (Lipinski definition) is 3. The average molecular weight is 377 g/mol. The number of amides is 1. The molecule has 1 aromatic carbocycles. The van der Waals surface area contributed by atoms with Crippen LogP contribution in [0.5, 0.6) is 11.5 Å². The van der Waals surface area contributed by atoms with Crippen LogP contribution >= 0.6 is 11.6 Å². The summed E-state index contributed by atoms with van der Waals surface area (Å²) in [6, 6.07) is 8.35. The SMILES string of the molecule is CCNC(=O)c1ncc(C#CCOc2ccc(Cl)cc2)cc1O.O=CO. The zero-order valence-electron chi connectivity index (χ0n) is 13.9. The molecule has 0 saturated heterocycles. The number of halogens is 1. The van der Waals surface area contributed by atoms with E-state index in [4.69, 9.17) is 26.2 Å². The summed E-state index contributed by atoms with van der Waals surface area (Å²) < 4.78 is 5.43. The van der Waals surface area contributed by atoms with Gasteiger partial charge in [-0.3, -0.25) is 9.59 Å². The molecule has 8 heteroatoms. The monoisotopic (exact) mass is 376 g/mol. The second kappa shape index (κ2) is 11.3. The summed E-state index contributed by atoms with van der Waals surface area (Å²) in [5.74, 6) is 5.65. The number of carbonyl (C=O) groups is 2. The zero-order valence-corrected chi connectivity index (χ0v) is 14.7. The molecule has 3 N–H and O–H groups in total. The Labute approximate surface area is 155 Å². The number of nitrogens with zero attached hydrogens (tertiary/aromatic N) is 1. The minimum atomic E-state index is -0.421. The molecule has 26 heavy (non-hydrogen) atoms. The van der Waals surface area contributed by atoms with E-state index in [9.17, 15) is 9.90 Å². The number of carbonyl (C=O) groups excluding carboxylic acids is 1. The first-order chi connectivity index (χ1) is 12.5. The Morgan fingerprint density at radius 1 is 1.38 bits per heavy atom. The van der Waals surface area contributed by atoms with E-state index < -0.39 is 5.91 Å². The van der Waals surface area contributed by atoms with E-state index in [0.717, 1.165) is 0 Å². The molecule has 2 rings (SSSR count). The zero-order chi connectivity index (χ0) is 19.4. The Bertz CT molecular complexity index is 797. The third kappa shape index (κ3) is 7.11. The summed E-state index contributed by atoms with van der Waals surface area (Å²) in [5, 5.41) is 19.9. The van der Waals surface area contributed by atoms with Gasteiger partial charge < -0.3 is 20.3 Å². The van der Waals surface area contributed by atoms with E-state index in [2.05, 4.69) is 22.1 Å². The van der Waals surface area contributed by atoms with Crippen LogP contribution in [0.3, 0.4) is 0 Å². The lowest BCUT2D eigenvalue weighted by atomic mass is 10.2. The highest BCUT2D eigenvalue weighted by Crippen LogP contribution is 2.16. The Hall–Kier alpha value is -3.24. The molecule has 0 saturated carbocycles. The van der Waals surface area contributed by atoms with Crippen LogP contribution in [0.25, 0.3) is 0 Å². The molecule has 0 aliphatic rings. The molecule has 7 nitrogen and oxygen atoms in total. The fourth-order valence-electron chi connectivity index (χ4n) is 1.73. The number of rotatable bonds is 4. The molecule has 136 valence electrons. The van der Waals surface area contributed by atoms with E-state index >= 15 is 0 Å². The predicted octanol–water partition coefficient (Wildman–Crippen LogP) is 2.32. The topological polar surface area (TPSA) is 109 Å². The molecule has 0 aliphatic heterocycles. The summed E-state index contributed by atoms with van der Waals surface area (Å²) in [7, 11) is 0. The standard InChI is InChI=1S/C17H15ClN2O3.CH2O2/c1-2-19-17(22)16-15(21)10-12(11-20-16)4-3-9-23-14-7-5-13(18)6-8-14;2-1-3/h5-8,10-11,21H,2,9H2,1H3,(H,19,22);1H,(H,2,3). The van der Waals surface area contributed by atoms with Gasteiger partial charge in [-0.05, 0) is 37.3 Å². The molecule has 0 radical (unpaired) electrons. The quantitative estimate of drug-likeness (QED) is 0.558. The number of aromatic hydroxyl groups is 1. The molecule has 0 unspecified atom stereocenters. The molecule has 2 aromatic rings. The van der Waals surface area contributed by atoms with Crippen molar-refractivity contribution < 1.29 is 24.5 Å². The van der Waals surface area contributed by atoms with Gasteiger partial charge in [0.25, 0.3) is 12.4 Å². The number of pyridine rings is 1. The summed E-state index contributed by atoms with van der Waals surface area (Å²) in [4.78, 5) is 23.9. The normalized spacial score (nSPS) is 9.00. The number of aromatic nitrogens is 1. The van der Waals surface area contributed by atoms with Crippen molar-refractivity contribution in [2.75, 3.05) is 13.2 Å². The lowest BCUT2D eigenvalue weighted by Gasteiger charge is -2.03. The van der Waals surface area contributed by atoms with E-state index in [1.807, 2.05) is 0 Å². The molecular formula is C18H17ClN2O5. The molecule has 0 aliphatic carbocycles. The van der Waals surface area contributed by atoms with Crippen LogP contribution in [-0.4, -0.2) is 40.7 Å². The van der Waals surface area contributed by atoms with Crippen LogP contribution in [-0.2, 0) is 4.79 Å². The molecular weight excluding hydrogens is 360 g/mol. The Morgan fingerprint density at radius 2 is 2.04 bits per heavy atom. The van der Waals surface area contributed by atoms with Gasteiger partial charge in [0.15, 0.2) is 5.69 Å². The smallest absolute Gasteiger partial charge is 0.290 e. The fraction of sp³-hybridized carbons (Fsp3) is 0.167. The minimum absolute atomic E-state index is 0.0187. The van der Waals surface area contributed by atoms with Crippen LogP contribution in [0.4, 0.5) is 0 Å². The third-order valence-corrected chi connectivity index (χ3v) is 3.03. The molecule has 0 atom stereocenters. The highest BCUT2D eigenvalue weighted by Gasteiger charge is 2.11. The highest BCUT2D eigenvalue weighted by molar-refractivity contribution is 6.30. The lowest BCUT2D eigenvalue weighted by molar-refractivity contribution is -0.122. The highest BCUT2D eigenvalue weighted by atomic mass is 35.5. The van der Waals surface area contributed by atoms with Gasteiger partial charge in [-0.2, -0.15) is 0 Å². The lowest BCUT2D eigenvalue weighted by Crippen LogP contribution is -2.23. The van der Waals surface area contributed by atoms with Gasteiger partial charge in [-0.1, -0.05) is 23.4 Å². The van der Waals surface area contributed by atoms with Gasteiger partial charge in [-0.25, -0.2) is 4.98 Å². The minimum Gasteiger partial charge on any atom is -0.505 e. The van der Waals surface area contributed by atoms with Crippen molar-refractivity contribution in [3.05, 3.63) is 52.8 Å². The van der Waals surface area contributed by atoms with Gasteiger partial charge in [-0.15, -0.1) is 0 Å². The van der Waals surface area contributed by atoms with E-state index in [1.54, 1.807) is 31.2 Å². The second-order valence-corrected chi connectivity index (χ2v) is 5.04. The van der Waals surface area contributed by atoms with Gasteiger partial charge in [0.05, 0.1) is 0 Å². The molecule has 0 spiro atoms. The summed E-state index contributed by atoms with van der Waals surface area (Å²) in [6.45, 7) is 2.18. The molecule has 0 bridgehead atoms. The maximum atomic E-state index is 11.6. The number of ether oxygens (including phenoxy) is 1. The predicted molar refractivity (Wildman–Crippen MR) is 96.4 cm³/mol. The number of benzene rings is 1. The third-order valence-electron chi connectivity index (χ3n) is 2.78. The van der Waals surface area contributed by atoms with Crippen molar-refractivity contribution in [3.8, 4) is 23.3 Å². The van der Waals surface area contributed by atoms with Crippen LogP contribution in [0.15, 0.2) is 36.5 Å². The Kier molecular flexibility index (Phi) is 9.07. The number of hydrogen-bond acceptors (Lipinski definition) is 5. The van der Waals surface area contributed by atoms with Crippen molar-refractivity contribution in [2.24, 2.45) is 0 Å². The van der Waals surface area contributed by atoms with Gasteiger partial charge in [0.2, 0.25) is 0 Å². The maximum Gasteiger partial charge on any atom is 0.290 e. The first-order valence-corrected chi connectivity index (χ1v) is 7.81. The van der Waals surface area contributed by atoms with Crippen LogP contribution in [0, 0.1) is 11.8 Å². The Balaban J connectivity index is 0.00000105. The molecule has 1 heterocycles.